The summed E-state index contributed by atoms with van der Waals surface area (Å²) in [6.07, 6.45) is 7.05. The molecule has 1 fully saturated rings. The van der Waals surface area contributed by atoms with Crippen LogP contribution >= 0.6 is 11.8 Å². The second kappa shape index (κ2) is 14.6. The van der Waals surface area contributed by atoms with Crippen molar-refractivity contribution in [2.75, 3.05) is 25.6 Å². The van der Waals surface area contributed by atoms with Crippen LogP contribution in [0.15, 0.2) is 29.2 Å². The molecule has 1 unspecified atom stereocenters. The van der Waals surface area contributed by atoms with Crippen LogP contribution in [0.4, 0.5) is 0 Å². The second-order valence-corrected chi connectivity index (χ2v) is 8.40. The fourth-order valence-electron chi connectivity index (χ4n) is 3.15. The molecule has 1 saturated heterocycles. The smallest absolute Gasteiger partial charge is 0.313 e. The first-order valence-corrected chi connectivity index (χ1v) is 11.8. The molecule has 0 radical (unpaired) electrons. The number of ether oxygens (including phenoxy) is 3. The summed E-state index contributed by atoms with van der Waals surface area (Å²) < 4.78 is 16.6. The molecular formula is C23H34O5S. The highest BCUT2D eigenvalue weighted by atomic mass is 32.2. The Morgan fingerprint density at radius 2 is 2.03 bits per heavy atom. The van der Waals surface area contributed by atoms with E-state index in [2.05, 4.69) is 24.3 Å². The average Bonchev–Trinajstić information content (AvgIpc) is 2.72. The van der Waals surface area contributed by atoms with Crippen molar-refractivity contribution in [1.29, 1.82) is 0 Å². The summed E-state index contributed by atoms with van der Waals surface area (Å²) >= 11 is 1.83. The Balaban J connectivity index is 1.59. The van der Waals surface area contributed by atoms with Crippen molar-refractivity contribution < 1.29 is 23.8 Å². The molecule has 6 heteroatoms. The van der Waals surface area contributed by atoms with E-state index in [1.54, 1.807) is 0 Å². The zero-order valence-corrected chi connectivity index (χ0v) is 18.3. The van der Waals surface area contributed by atoms with Gasteiger partial charge in [-0.25, -0.2) is 0 Å². The van der Waals surface area contributed by atoms with Crippen molar-refractivity contribution in [3.8, 4) is 0 Å². The highest BCUT2D eigenvalue weighted by Gasteiger charge is 2.14. The van der Waals surface area contributed by atoms with Crippen LogP contribution < -0.4 is 0 Å². The van der Waals surface area contributed by atoms with Gasteiger partial charge in [0.25, 0.3) is 0 Å². The molecule has 1 aromatic rings. The molecule has 1 aliphatic heterocycles. The van der Waals surface area contributed by atoms with Gasteiger partial charge < -0.3 is 14.2 Å². The number of thioether (sulfide) groups is 1. The minimum atomic E-state index is -0.400. The minimum Gasteiger partial charge on any atom is -0.465 e. The number of hydrogen-bond donors (Lipinski definition) is 0. The van der Waals surface area contributed by atoms with Crippen molar-refractivity contribution in [3.63, 3.8) is 0 Å². The van der Waals surface area contributed by atoms with E-state index in [0.717, 1.165) is 50.9 Å². The van der Waals surface area contributed by atoms with E-state index >= 15 is 0 Å². The van der Waals surface area contributed by atoms with Gasteiger partial charge in [0, 0.05) is 17.9 Å². The van der Waals surface area contributed by atoms with Gasteiger partial charge >= 0.3 is 5.97 Å². The number of carbonyl (C=O) groups is 2. The van der Waals surface area contributed by atoms with E-state index in [9.17, 15) is 9.59 Å². The molecule has 5 nitrogen and oxygen atoms in total. The summed E-state index contributed by atoms with van der Waals surface area (Å²) in [6.45, 7) is 3.79. The molecular weight excluding hydrogens is 388 g/mol. The summed E-state index contributed by atoms with van der Waals surface area (Å²) in [5.41, 5.74) is 1.30. The number of hydrogen-bond acceptors (Lipinski definition) is 6. The molecule has 162 valence electrons. The first-order chi connectivity index (χ1) is 14.2. The number of benzene rings is 1. The lowest BCUT2D eigenvalue weighted by atomic mass is 10.1. The number of ketones is 1. The van der Waals surface area contributed by atoms with Gasteiger partial charge in [-0.1, -0.05) is 25.1 Å². The average molecular weight is 423 g/mol. The van der Waals surface area contributed by atoms with E-state index in [4.69, 9.17) is 14.2 Å². The van der Waals surface area contributed by atoms with Gasteiger partial charge in [0.05, 0.1) is 13.2 Å². The summed E-state index contributed by atoms with van der Waals surface area (Å²) in [4.78, 5) is 24.3. The van der Waals surface area contributed by atoms with Crippen LogP contribution in [0.3, 0.4) is 0 Å². The van der Waals surface area contributed by atoms with Crippen LogP contribution in [0, 0.1) is 0 Å². The lowest BCUT2D eigenvalue weighted by Crippen LogP contribution is -2.23. The quantitative estimate of drug-likeness (QED) is 0.183. The maximum absolute atomic E-state index is 11.6. The maximum Gasteiger partial charge on any atom is 0.313 e. The monoisotopic (exact) mass is 422 g/mol. The highest BCUT2D eigenvalue weighted by Crippen LogP contribution is 2.24. The Bertz CT molecular complexity index is 613. The molecule has 1 heterocycles. The van der Waals surface area contributed by atoms with Crippen LogP contribution in [-0.2, 0) is 30.2 Å². The summed E-state index contributed by atoms with van der Waals surface area (Å²) in [6, 6.07) is 8.43. The van der Waals surface area contributed by atoms with E-state index in [1.807, 2.05) is 18.7 Å². The number of unbranched alkanes of at least 4 members (excludes halogenated alkanes) is 1. The fourth-order valence-corrected chi connectivity index (χ4v) is 4.24. The third-order valence-corrected chi connectivity index (χ3v) is 5.92. The molecule has 0 spiro atoms. The minimum absolute atomic E-state index is 0.0382. The molecule has 2 rings (SSSR count). The molecule has 1 atom stereocenters. The Hall–Kier alpha value is -1.37. The van der Waals surface area contributed by atoms with Gasteiger partial charge in [-0.15, -0.1) is 11.8 Å². The Kier molecular flexibility index (Phi) is 12.0. The Morgan fingerprint density at radius 3 is 2.83 bits per heavy atom. The van der Waals surface area contributed by atoms with Crippen molar-refractivity contribution >= 4 is 23.5 Å². The molecule has 0 amide bonds. The first kappa shape index (κ1) is 23.9. The largest absolute Gasteiger partial charge is 0.465 e. The molecule has 0 saturated carbocycles. The predicted molar refractivity (Wildman–Crippen MR) is 115 cm³/mol. The number of esters is 1. The standard InChI is InChI=1S/C23H34O5S/c1-2-9-20(24)18-22(25)26-14-7-8-17-29-21-11-4-3-10-19(21)13-16-28-23-12-5-6-15-27-23/h3-4,10-11,23H,2,5-9,12-18H2,1H3. The van der Waals surface area contributed by atoms with Crippen LogP contribution in [0.1, 0.15) is 63.9 Å². The maximum atomic E-state index is 11.6. The van der Waals surface area contributed by atoms with Crippen LogP contribution in [-0.4, -0.2) is 43.6 Å². The van der Waals surface area contributed by atoms with Gasteiger partial charge in [-0.05, 0) is 62.3 Å². The van der Waals surface area contributed by atoms with Crippen molar-refractivity contribution in [2.24, 2.45) is 0 Å². The first-order valence-electron chi connectivity index (χ1n) is 10.8. The predicted octanol–water partition coefficient (Wildman–Crippen LogP) is 4.95. The third-order valence-electron chi connectivity index (χ3n) is 4.72. The lowest BCUT2D eigenvalue weighted by Gasteiger charge is -2.22. The summed E-state index contributed by atoms with van der Waals surface area (Å²) in [5.74, 6) is 0.530. The van der Waals surface area contributed by atoms with E-state index in [-0.39, 0.29) is 18.5 Å². The van der Waals surface area contributed by atoms with Crippen LogP contribution in [0.25, 0.3) is 0 Å². The third kappa shape index (κ3) is 10.3. The second-order valence-electron chi connectivity index (χ2n) is 7.27. The molecule has 0 aliphatic carbocycles. The highest BCUT2D eigenvalue weighted by molar-refractivity contribution is 7.99. The van der Waals surface area contributed by atoms with Crippen molar-refractivity contribution in [2.45, 2.75) is 75.9 Å². The molecule has 1 aromatic carbocycles. The lowest BCUT2D eigenvalue weighted by molar-refractivity contribution is -0.161. The number of Topliss-reactive ketones (excluding diaryl/α,β-unsaturated/α-hetero) is 1. The van der Waals surface area contributed by atoms with E-state index in [1.165, 1.54) is 16.9 Å². The number of carbonyl (C=O) groups excluding carboxylic acids is 2. The van der Waals surface area contributed by atoms with E-state index < -0.39 is 5.97 Å². The van der Waals surface area contributed by atoms with Gasteiger partial charge in [0.15, 0.2) is 6.29 Å². The molecule has 0 aromatic heterocycles. The van der Waals surface area contributed by atoms with Crippen molar-refractivity contribution in [1.82, 2.24) is 0 Å². The van der Waals surface area contributed by atoms with E-state index in [0.29, 0.717) is 19.6 Å². The zero-order valence-electron chi connectivity index (χ0n) is 17.5. The number of rotatable bonds is 14. The SMILES string of the molecule is CCCC(=O)CC(=O)OCCCCSc1ccccc1CCOC1CCCCO1. The van der Waals surface area contributed by atoms with Gasteiger partial charge in [-0.3, -0.25) is 9.59 Å². The summed E-state index contributed by atoms with van der Waals surface area (Å²) in [7, 11) is 0. The topological polar surface area (TPSA) is 61.8 Å². The fraction of sp³-hybridized carbons (Fsp3) is 0.652. The van der Waals surface area contributed by atoms with Crippen LogP contribution in [0.2, 0.25) is 0 Å². The normalized spacial score (nSPS) is 16.5. The molecule has 29 heavy (non-hydrogen) atoms. The van der Waals surface area contributed by atoms with Crippen molar-refractivity contribution in [3.05, 3.63) is 29.8 Å². The molecule has 1 aliphatic rings. The Labute approximate surface area is 178 Å². The van der Waals surface area contributed by atoms with Crippen LogP contribution in [0.5, 0.6) is 0 Å². The summed E-state index contributed by atoms with van der Waals surface area (Å²) in [5, 5.41) is 0. The zero-order chi connectivity index (χ0) is 20.7. The van der Waals surface area contributed by atoms with Gasteiger partial charge in [0.1, 0.15) is 12.2 Å². The molecule has 0 N–H and O–H groups in total. The molecule has 0 bridgehead atoms. The van der Waals surface area contributed by atoms with Gasteiger partial charge in [-0.2, -0.15) is 0 Å². The van der Waals surface area contributed by atoms with Gasteiger partial charge in [0.2, 0.25) is 0 Å². The Morgan fingerprint density at radius 1 is 1.17 bits per heavy atom.